The van der Waals surface area contributed by atoms with Crippen LogP contribution in [0.2, 0.25) is 0 Å². The van der Waals surface area contributed by atoms with Crippen LogP contribution in [0.3, 0.4) is 0 Å². The van der Waals surface area contributed by atoms with Crippen molar-refractivity contribution in [1.82, 2.24) is 4.98 Å². The van der Waals surface area contributed by atoms with Crippen LogP contribution in [-0.4, -0.2) is 16.7 Å². The highest BCUT2D eigenvalue weighted by Crippen LogP contribution is 2.19. The molecule has 0 fully saturated rings. The molecule has 0 aliphatic carbocycles. The molecule has 3 nitrogen and oxygen atoms in total. The Morgan fingerprint density at radius 2 is 2.00 bits per heavy atom. The highest BCUT2D eigenvalue weighted by Gasteiger charge is 2.04. The van der Waals surface area contributed by atoms with Crippen LogP contribution in [0, 0.1) is 17.7 Å². The number of aliphatic hydroxyl groups excluding tert-OH is 1. The van der Waals surface area contributed by atoms with E-state index in [2.05, 4.69) is 16.8 Å². The molecule has 1 aromatic heterocycles. The second kappa shape index (κ2) is 6.53. The van der Waals surface area contributed by atoms with Gasteiger partial charge in [0.15, 0.2) is 11.6 Å². The minimum absolute atomic E-state index is 0.140. The first kappa shape index (κ1) is 13.1. The first-order valence-electron chi connectivity index (χ1n) is 5.70. The second-order valence-corrected chi connectivity index (χ2v) is 3.75. The lowest BCUT2D eigenvalue weighted by molar-refractivity contribution is 0.290. The molecule has 0 saturated heterocycles. The topological polar surface area (TPSA) is 42.4 Å². The third-order valence-electron chi connectivity index (χ3n) is 2.39. The summed E-state index contributed by atoms with van der Waals surface area (Å²) in [5, 5.41) is 8.62. The van der Waals surface area contributed by atoms with Crippen LogP contribution < -0.4 is 4.74 Å². The van der Waals surface area contributed by atoms with E-state index in [1.807, 2.05) is 0 Å². The molecule has 19 heavy (non-hydrogen) atoms. The molecule has 4 heteroatoms. The van der Waals surface area contributed by atoms with E-state index >= 15 is 0 Å². The van der Waals surface area contributed by atoms with Gasteiger partial charge in [-0.1, -0.05) is 11.8 Å². The molecule has 0 unspecified atom stereocenters. The van der Waals surface area contributed by atoms with Gasteiger partial charge in [-0.2, -0.15) is 0 Å². The lowest BCUT2D eigenvalue weighted by atomic mass is 10.2. The van der Waals surface area contributed by atoms with E-state index in [0.29, 0.717) is 5.56 Å². The smallest absolute Gasteiger partial charge is 0.165 e. The first-order chi connectivity index (χ1) is 9.29. The molecular formula is C15H12FNO2. The highest BCUT2D eigenvalue weighted by molar-refractivity contribution is 5.40. The van der Waals surface area contributed by atoms with Gasteiger partial charge in [0.2, 0.25) is 0 Å². The molecule has 1 heterocycles. The van der Waals surface area contributed by atoms with E-state index in [1.54, 1.807) is 24.5 Å². The summed E-state index contributed by atoms with van der Waals surface area (Å²) in [7, 11) is 0. The van der Waals surface area contributed by atoms with Gasteiger partial charge in [0, 0.05) is 18.0 Å². The van der Waals surface area contributed by atoms with Gasteiger partial charge in [0.1, 0.15) is 13.2 Å². The Bertz CT molecular complexity index is 603. The Morgan fingerprint density at radius 1 is 1.21 bits per heavy atom. The fraction of sp³-hybridized carbons (Fsp3) is 0.133. The van der Waals surface area contributed by atoms with Crippen molar-refractivity contribution in [2.75, 3.05) is 6.61 Å². The monoisotopic (exact) mass is 257 g/mol. The summed E-state index contributed by atoms with van der Waals surface area (Å²) < 4.78 is 19.0. The van der Waals surface area contributed by atoms with Gasteiger partial charge in [-0.25, -0.2) is 4.39 Å². The minimum atomic E-state index is -0.441. The number of rotatable bonds is 3. The van der Waals surface area contributed by atoms with Crippen molar-refractivity contribution < 1.29 is 14.2 Å². The highest BCUT2D eigenvalue weighted by atomic mass is 19.1. The van der Waals surface area contributed by atoms with E-state index in [-0.39, 0.29) is 19.0 Å². The van der Waals surface area contributed by atoms with Gasteiger partial charge in [0.05, 0.1) is 0 Å². The summed E-state index contributed by atoms with van der Waals surface area (Å²) in [6.07, 6.45) is 3.30. The van der Waals surface area contributed by atoms with E-state index in [4.69, 9.17) is 9.84 Å². The fourth-order valence-electron chi connectivity index (χ4n) is 1.47. The third-order valence-corrected chi connectivity index (χ3v) is 2.39. The van der Waals surface area contributed by atoms with E-state index in [1.165, 1.54) is 18.2 Å². The number of nitrogens with zero attached hydrogens (tertiary/aromatic N) is 1. The van der Waals surface area contributed by atoms with Crippen molar-refractivity contribution in [3.8, 4) is 17.6 Å². The molecule has 0 saturated carbocycles. The third kappa shape index (κ3) is 3.80. The van der Waals surface area contributed by atoms with Crippen molar-refractivity contribution in [1.29, 1.82) is 0 Å². The van der Waals surface area contributed by atoms with Gasteiger partial charge in [-0.3, -0.25) is 4.98 Å². The molecule has 2 rings (SSSR count). The Kier molecular flexibility index (Phi) is 4.49. The van der Waals surface area contributed by atoms with Crippen LogP contribution in [0.15, 0.2) is 42.7 Å². The number of pyridine rings is 1. The Hall–Kier alpha value is -2.38. The maximum Gasteiger partial charge on any atom is 0.165 e. The van der Waals surface area contributed by atoms with Crippen molar-refractivity contribution in [3.63, 3.8) is 0 Å². The Balaban J connectivity index is 2.11. The lowest BCUT2D eigenvalue weighted by Crippen LogP contribution is -1.98. The van der Waals surface area contributed by atoms with Crippen LogP contribution >= 0.6 is 0 Å². The van der Waals surface area contributed by atoms with Crippen LogP contribution in [0.4, 0.5) is 4.39 Å². The molecule has 0 aliphatic heterocycles. The first-order valence-corrected chi connectivity index (χ1v) is 5.70. The molecule has 0 bridgehead atoms. The predicted octanol–water partition coefficient (Wildman–Crippen LogP) is 2.14. The van der Waals surface area contributed by atoms with Crippen molar-refractivity contribution in [2.45, 2.75) is 6.61 Å². The molecule has 0 aliphatic rings. The molecule has 1 N–H and O–H groups in total. The van der Waals surface area contributed by atoms with Crippen molar-refractivity contribution >= 4 is 0 Å². The Labute approximate surface area is 110 Å². The zero-order valence-electron chi connectivity index (χ0n) is 10.1. The number of aliphatic hydroxyl groups is 1. The molecule has 0 amide bonds. The summed E-state index contributed by atoms with van der Waals surface area (Å²) in [6, 6.07) is 7.94. The quantitative estimate of drug-likeness (QED) is 0.857. The maximum absolute atomic E-state index is 13.6. The second-order valence-electron chi connectivity index (χ2n) is 3.75. The summed E-state index contributed by atoms with van der Waals surface area (Å²) in [5.74, 6) is 4.91. The number of benzene rings is 1. The van der Waals surface area contributed by atoms with Gasteiger partial charge in [-0.15, -0.1) is 0 Å². The van der Waals surface area contributed by atoms with Crippen LogP contribution in [-0.2, 0) is 6.61 Å². The number of hydrogen-bond acceptors (Lipinski definition) is 3. The minimum Gasteiger partial charge on any atom is -0.486 e. The summed E-state index contributed by atoms with van der Waals surface area (Å²) >= 11 is 0. The summed E-state index contributed by atoms with van der Waals surface area (Å²) in [4.78, 5) is 3.89. The van der Waals surface area contributed by atoms with E-state index in [0.717, 1.165) is 5.56 Å². The van der Waals surface area contributed by atoms with Gasteiger partial charge in [0.25, 0.3) is 0 Å². The molecule has 1 aromatic carbocycles. The normalized spacial score (nSPS) is 9.58. The van der Waals surface area contributed by atoms with Gasteiger partial charge in [-0.05, 0) is 35.9 Å². The largest absolute Gasteiger partial charge is 0.486 e. The maximum atomic E-state index is 13.6. The molecule has 0 atom stereocenters. The summed E-state index contributed by atoms with van der Waals surface area (Å²) in [5.41, 5.74) is 1.50. The molecule has 96 valence electrons. The molecule has 0 radical (unpaired) electrons. The number of aromatic nitrogens is 1. The zero-order chi connectivity index (χ0) is 13.5. The fourth-order valence-corrected chi connectivity index (χ4v) is 1.47. The van der Waals surface area contributed by atoms with Crippen LogP contribution in [0.25, 0.3) is 0 Å². The van der Waals surface area contributed by atoms with E-state index in [9.17, 15) is 4.39 Å². The number of ether oxygens (including phenoxy) is 1. The number of hydrogen-bond donors (Lipinski definition) is 1. The van der Waals surface area contributed by atoms with Crippen molar-refractivity contribution in [3.05, 3.63) is 59.7 Å². The molecular weight excluding hydrogens is 245 g/mol. The lowest BCUT2D eigenvalue weighted by Gasteiger charge is -2.07. The predicted molar refractivity (Wildman–Crippen MR) is 68.9 cm³/mol. The standard InChI is InChI=1S/C15H12FNO2/c16-14-4-3-12(2-1-9-18)10-15(14)19-11-13-5-7-17-8-6-13/h3-8,10,18H,9,11H2. The SMILES string of the molecule is OCC#Cc1ccc(F)c(OCc2ccncc2)c1. The average Bonchev–Trinajstić information content (AvgIpc) is 2.46. The molecule has 0 spiro atoms. The van der Waals surface area contributed by atoms with E-state index < -0.39 is 5.82 Å². The van der Waals surface area contributed by atoms with Crippen LogP contribution in [0.1, 0.15) is 11.1 Å². The average molecular weight is 257 g/mol. The van der Waals surface area contributed by atoms with Crippen LogP contribution in [0.5, 0.6) is 5.75 Å². The Morgan fingerprint density at radius 3 is 2.74 bits per heavy atom. The zero-order valence-corrected chi connectivity index (χ0v) is 10.1. The summed E-state index contributed by atoms with van der Waals surface area (Å²) in [6.45, 7) is 0.0287. The van der Waals surface area contributed by atoms with Gasteiger partial charge >= 0.3 is 0 Å². The molecule has 2 aromatic rings. The number of halogens is 1. The van der Waals surface area contributed by atoms with Crippen molar-refractivity contribution in [2.24, 2.45) is 0 Å². The van der Waals surface area contributed by atoms with Gasteiger partial charge < -0.3 is 9.84 Å².